The Labute approximate surface area is 79.8 Å². The van der Waals surface area contributed by atoms with Gasteiger partial charge in [0, 0.05) is 18.5 Å². The molecule has 0 amide bonds. The van der Waals surface area contributed by atoms with Crippen LogP contribution in [0.1, 0.15) is 10.4 Å². The number of rotatable bonds is 2. The van der Waals surface area contributed by atoms with Crippen LogP contribution in [0.2, 0.25) is 0 Å². The first-order valence-corrected chi connectivity index (χ1v) is 4.06. The van der Waals surface area contributed by atoms with E-state index >= 15 is 0 Å². The van der Waals surface area contributed by atoms with Crippen molar-refractivity contribution in [3.05, 3.63) is 48.0 Å². The van der Waals surface area contributed by atoms with Crippen LogP contribution in [-0.2, 0) is 0 Å². The number of hydrogen-bond acceptors (Lipinski definition) is 2. The van der Waals surface area contributed by atoms with E-state index in [0.29, 0.717) is 12.0 Å². The van der Waals surface area contributed by atoms with Crippen molar-refractivity contribution in [3.63, 3.8) is 0 Å². The zero-order valence-electron chi connectivity index (χ0n) is 7.22. The molecule has 0 spiro atoms. The summed E-state index contributed by atoms with van der Waals surface area (Å²) in [5, 5.41) is 3.94. The summed E-state index contributed by atoms with van der Waals surface area (Å²) < 4.78 is 14.7. The summed E-state index contributed by atoms with van der Waals surface area (Å²) >= 11 is 0. The molecule has 2 rings (SSSR count). The zero-order chi connectivity index (χ0) is 9.97. The molecule has 14 heavy (non-hydrogen) atoms. The SMILES string of the molecule is O=Cc1ccc(-n2cccn2)cc1F. The standard InChI is InChI=1S/C10H7FN2O/c11-10-6-9(3-2-8(10)7-14)13-5-1-4-12-13/h1-7H. The molecule has 0 saturated carbocycles. The first kappa shape index (κ1) is 8.62. The van der Waals surface area contributed by atoms with E-state index in [1.807, 2.05) is 0 Å². The van der Waals surface area contributed by atoms with Crippen LogP contribution in [0, 0.1) is 5.82 Å². The van der Waals surface area contributed by atoms with Crippen LogP contribution in [0.4, 0.5) is 4.39 Å². The van der Waals surface area contributed by atoms with Crippen LogP contribution in [0.25, 0.3) is 5.69 Å². The molecule has 2 aromatic rings. The van der Waals surface area contributed by atoms with Crippen molar-refractivity contribution >= 4 is 6.29 Å². The Bertz CT molecular complexity index is 451. The molecule has 0 saturated heterocycles. The summed E-state index contributed by atoms with van der Waals surface area (Å²) in [5.74, 6) is -0.534. The number of carbonyl (C=O) groups is 1. The van der Waals surface area contributed by atoms with E-state index in [-0.39, 0.29) is 5.56 Å². The number of carbonyl (C=O) groups excluding carboxylic acids is 1. The lowest BCUT2D eigenvalue weighted by Gasteiger charge is -2.01. The summed E-state index contributed by atoms with van der Waals surface area (Å²) in [6.07, 6.45) is 3.79. The predicted molar refractivity (Wildman–Crippen MR) is 48.9 cm³/mol. The van der Waals surface area contributed by atoms with E-state index in [1.54, 1.807) is 24.5 Å². The van der Waals surface area contributed by atoms with Gasteiger partial charge in [-0.3, -0.25) is 4.79 Å². The second kappa shape index (κ2) is 3.41. The minimum Gasteiger partial charge on any atom is -0.298 e. The highest BCUT2D eigenvalue weighted by Crippen LogP contribution is 2.11. The summed E-state index contributed by atoms with van der Waals surface area (Å²) in [6, 6.07) is 6.08. The highest BCUT2D eigenvalue weighted by atomic mass is 19.1. The number of aromatic nitrogens is 2. The van der Waals surface area contributed by atoms with Gasteiger partial charge in [0.2, 0.25) is 0 Å². The molecule has 70 valence electrons. The Morgan fingerprint density at radius 2 is 2.29 bits per heavy atom. The molecule has 0 aliphatic rings. The van der Waals surface area contributed by atoms with E-state index in [2.05, 4.69) is 5.10 Å². The maximum absolute atomic E-state index is 13.2. The number of hydrogen-bond donors (Lipinski definition) is 0. The van der Waals surface area contributed by atoms with E-state index in [4.69, 9.17) is 0 Å². The van der Waals surface area contributed by atoms with Gasteiger partial charge in [-0.2, -0.15) is 5.10 Å². The minimum atomic E-state index is -0.534. The molecule has 0 aliphatic heterocycles. The molecular weight excluding hydrogens is 183 g/mol. The molecule has 1 heterocycles. The van der Waals surface area contributed by atoms with Gasteiger partial charge >= 0.3 is 0 Å². The van der Waals surface area contributed by atoms with Crippen LogP contribution >= 0.6 is 0 Å². The molecule has 3 nitrogen and oxygen atoms in total. The molecular formula is C10H7FN2O. The molecule has 1 aromatic heterocycles. The fourth-order valence-corrected chi connectivity index (χ4v) is 1.18. The monoisotopic (exact) mass is 190 g/mol. The number of benzene rings is 1. The molecule has 4 heteroatoms. The summed E-state index contributed by atoms with van der Waals surface area (Å²) in [4.78, 5) is 10.4. The largest absolute Gasteiger partial charge is 0.298 e. The van der Waals surface area contributed by atoms with Crippen LogP contribution in [0.5, 0.6) is 0 Å². The quantitative estimate of drug-likeness (QED) is 0.677. The van der Waals surface area contributed by atoms with Gasteiger partial charge in [0.25, 0.3) is 0 Å². The van der Waals surface area contributed by atoms with Gasteiger partial charge in [-0.15, -0.1) is 0 Å². The third-order valence-electron chi connectivity index (χ3n) is 1.88. The van der Waals surface area contributed by atoms with Crippen molar-refractivity contribution in [1.29, 1.82) is 0 Å². The Morgan fingerprint density at radius 1 is 1.43 bits per heavy atom. The second-order valence-corrected chi connectivity index (χ2v) is 2.77. The molecule has 0 unspecified atom stereocenters. The number of halogens is 1. The van der Waals surface area contributed by atoms with Gasteiger partial charge < -0.3 is 0 Å². The molecule has 0 radical (unpaired) electrons. The van der Waals surface area contributed by atoms with Crippen molar-refractivity contribution in [2.24, 2.45) is 0 Å². The van der Waals surface area contributed by atoms with E-state index in [9.17, 15) is 9.18 Å². The van der Waals surface area contributed by atoms with Gasteiger partial charge in [0.15, 0.2) is 6.29 Å². The third-order valence-corrected chi connectivity index (χ3v) is 1.88. The summed E-state index contributed by atoms with van der Waals surface area (Å²) in [5.41, 5.74) is 0.652. The van der Waals surface area contributed by atoms with Crippen molar-refractivity contribution in [2.75, 3.05) is 0 Å². The van der Waals surface area contributed by atoms with Crippen LogP contribution in [0.15, 0.2) is 36.7 Å². The highest BCUT2D eigenvalue weighted by molar-refractivity contribution is 5.75. The van der Waals surface area contributed by atoms with Gasteiger partial charge in [0.1, 0.15) is 5.82 Å². The Balaban J connectivity index is 2.48. The van der Waals surface area contributed by atoms with Gasteiger partial charge in [-0.05, 0) is 18.2 Å². The van der Waals surface area contributed by atoms with E-state index in [1.165, 1.54) is 16.8 Å². The maximum atomic E-state index is 13.2. The molecule has 1 aromatic carbocycles. The third kappa shape index (κ3) is 1.42. The topological polar surface area (TPSA) is 34.9 Å². The Kier molecular flexibility index (Phi) is 2.10. The maximum Gasteiger partial charge on any atom is 0.152 e. The predicted octanol–water partition coefficient (Wildman–Crippen LogP) is 1.82. The van der Waals surface area contributed by atoms with E-state index in [0.717, 1.165) is 0 Å². The lowest BCUT2D eigenvalue weighted by molar-refractivity contribution is 0.112. The first-order valence-electron chi connectivity index (χ1n) is 4.06. The normalized spacial score (nSPS) is 10.1. The lowest BCUT2D eigenvalue weighted by Crippen LogP contribution is -1.96. The van der Waals surface area contributed by atoms with Crippen molar-refractivity contribution in [1.82, 2.24) is 9.78 Å². The smallest absolute Gasteiger partial charge is 0.152 e. The number of nitrogens with zero attached hydrogens (tertiary/aromatic N) is 2. The fraction of sp³-hybridized carbons (Fsp3) is 0. The molecule has 0 aliphatic carbocycles. The highest BCUT2D eigenvalue weighted by Gasteiger charge is 2.03. The second-order valence-electron chi connectivity index (χ2n) is 2.77. The minimum absolute atomic E-state index is 0.0564. The van der Waals surface area contributed by atoms with Gasteiger partial charge in [-0.1, -0.05) is 0 Å². The van der Waals surface area contributed by atoms with Crippen molar-refractivity contribution in [3.8, 4) is 5.69 Å². The fourth-order valence-electron chi connectivity index (χ4n) is 1.18. The van der Waals surface area contributed by atoms with Crippen LogP contribution in [-0.4, -0.2) is 16.1 Å². The summed E-state index contributed by atoms with van der Waals surface area (Å²) in [6.45, 7) is 0. The number of aldehydes is 1. The molecule has 0 atom stereocenters. The average Bonchev–Trinajstić information content (AvgIpc) is 2.70. The van der Waals surface area contributed by atoms with E-state index < -0.39 is 5.82 Å². The zero-order valence-corrected chi connectivity index (χ0v) is 7.22. The van der Waals surface area contributed by atoms with Crippen LogP contribution < -0.4 is 0 Å². The Morgan fingerprint density at radius 3 is 2.86 bits per heavy atom. The summed E-state index contributed by atoms with van der Waals surface area (Å²) in [7, 11) is 0. The Hall–Kier alpha value is -1.97. The molecule has 0 fully saturated rings. The van der Waals surface area contributed by atoms with Gasteiger partial charge in [0.05, 0.1) is 11.3 Å². The van der Waals surface area contributed by atoms with Crippen molar-refractivity contribution < 1.29 is 9.18 Å². The first-order chi connectivity index (χ1) is 6.81. The van der Waals surface area contributed by atoms with Crippen molar-refractivity contribution in [2.45, 2.75) is 0 Å². The van der Waals surface area contributed by atoms with Gasteiger partial charge in [-0.25, -0.2) is 9.07 Å². The average molecular weight is 190 g/mol. The lowest BCUT2D eigenvalue weighted by atomic mass is 10.2. The molecule has 0 N–H and O–H groups in total. The van der Waals surface area contributed by atoms with Crippen LogP contribution in [0.3, 0.4) is 0 Å². The molecule has 0 bridgehead atoms.